The molecule has 7 heteroatoms. The first-order chi connectivity index (χ1) is 7.51. The van der Waals surface area contributed by atoms with Gasteiger partial charge in [0.15, 0.2) is 5.69 Å². The average molecular weight is 251 g/mol. The molecule has 4 nitrogen and oxygen atoms in total. The average Bonchev–Trinajstić information content (AvgIpc) is 2.26. The largest absolute Gasteiger partial charge is 0.464 e. The smallest absolute Gasteiger partial charge is 0.356 e. The third-order valence-corrected chi connectivity index (χ3v) is 2.16. The number of nitrogens with zero attached hydrogens (tertiary/aromatic N) is 1. The van der Waals surface area contributed by atoms with Crippen LogP contribution in [0.15, 0.2) is 6.07 Å². The van der Waals surface area contributed by atoms with Gasteiger partial charge in [0.25, 0.3) is 6.43 Å². The Hall–Kier alpha value is -1.43. The number of esters is 1. The van der Waals surface area contributed by atoms with Crippen molar-refractivity contribution in [3.05, 3.63) is 23.0 Å². The Balaban J connectivity index is 3.32. The topological polar surface area (TPSA) is 65.2 Å². The highest BCUT2D eigenvalue weighted by molar-refractivity contribution is 6.17. The van der Waals surface area contributed by atoms with Crippen molar-refractivity contribution >= 4 is 23.3 Å². The number of pyridine rings is 1. The number of anilines is 1. The maximum absolute atomic E-state index is 12.6. The predicted molar refractivity (Wildman–Crippen MR) is 54.5 cm³/mol. The molecule has 1 aromatic heterocycles. The Kier molecular flexibility index (Phi) is 4.00. The Bertz CT molecular complexity index is 413. The van der Waals surface area contributed by atoms with Crippen LogP contribution in [-0.2, 0) is 10.6 Å². The highest BCUT2D eigenvalue weighted by Crippen LogP contribution is 2.29. The zero-order chi connectivity index (χ0) is 12.3. The second kappa shape index (κ2) is 5.07. The van der Waals surface area contributed by atoms with Crippen molar-refractivity contribution in [1.29, 1.82) is 0 Å². The summed E-state index contributed by atoms with van der Waals surface area (Å²) in [5.41, 5.74) is 4.49. The van der Waals surface area contributed by atoms with Crippen LogP contribution in [0.4, 0.5) is 14.5 Å². The van der Waals surface area contributed by atoms with E-state index in [2.05, 4.69) is 9.72 Å². The predicted octanol–water partition coefficient (Wildman–Crippen LogP) is 2.13. The fourth-order valence-electron chi connectivity index (χ4n) is 1.19. The molecule has 0 atom stereocenters. The number of aromatic nitrogens is 1. The molecule has 16 heavy (non-hydrogen) atoms. The molecule has 88 valence electrons. The molecule has 1 aromatic rings. The maximum Gasteiger partial charge on any atom is 0.356 e. The quantitative estimate of drug-likeness (QED) is 0.659. The van der Waals surface area contributed by atoms with E-state index in [-0.39, 0.29) is 23.0 Å². The molecule has 0 amide bonds. The summed E-state index contributed by atoms with van der Waals surface area (Å²) >= 11 is 5.46. The summed E-state index contributed by atoms with van der Waals surface area (Å²) in [6.45, 7) is 0. The van der Waals surface area contributed by atoms with Crippen LogP contribution in [0.2, 0.25) is 0 Å². The molecule has 0 bridgehead atoms. The van der Waals surface area contributed by atoms with Crippen molar-refractivity contribution in [2.24, 2.45) is 0 Å². The minimum atomic E-state index is -2.78. The number of carbonyl (C=O) groups is 1. The number of hydrogen-bond acceptors (Lipinski definition) is 4. The second-order valence-electron chi connectivity index (χ2n) is 2.88. The van der Waals surface area contributed by atoms with Gasteiger partial charge in [0.1, 0.15) is 0 Å². The van der Waals surface area contributed by atoms with Crippen molar-refractivity contribution in [3.8, 4) is 0 Å². The number of ether oxygens (including phenoxy) is 1. The zero-order valence-corrected chi connectivity index (χ0v) is 9.09. The molecule has 0 fully saturated rings. The zero-order valence-electron chi connectivity index (χ0n) is 8.34. The van der Waals surface area contributed by atoms with E-state index in [0.29, 0.717) is 0 Å². The Morgan fingerprint density at radius 1 is 1.69 bits per heavy atom. The van der Waals surface area contributed by atoms with Crippen molar-refractivity contribution in [1.82, 2.24) is 4.98 Å². The van der Waals surface area contributed by atoms with Crippen LogP contribution in [-0.4, -0.2) is 18.1 Å². The molecule has 1 rings (SSSR count). The molecule has 0 aliphatic heterocycles. The number of alkyl halides is 3. The minimum absolute atomic E-state index is 0.114. The van der Waals surface area contributed by atoms with Crippen LogP contribution in [0.3, 0.4) is 0 Å². The van der Waals surface area contributed by atoms with Crippen LogP contribution in [0.1, 0.15) is 28.2 Å². The van der Waals surface area contributed by atoms with E-state index in [1.165, 1.54) is 0 Å². The van der Waals surface area contributed by atoms with Gasteiger partial charge >= 0.3 is 5.97 Å². The van der Waals surface area contributed by atoms with Crippen molar-refractivity contribution in [2.75, 3.05) is 12.8 Å². The van der Waals surface area contributed by atoms with E-state index < -0.39 is 18.0 Å². The van der Waals surface area contributed by atoms with Crippen molar-refractivity contribution < 1.29 is 18.3 Å². The molecular formula is C9H9ClF2N2O2. The van der Waals surface area contributed by atoms with Gasteiger partial charge in [-0.25, -0.2) is 18.6 Å². The lowest BCUT2D eigenvalue weighted by atomic mass is 10.1. The van der Waals surface area contributed by atoms with E-state index in [4.69, 9.17) is 17.3 Å². The van der Waals surface area contributed by atoms with E-state index >= 15 is 0 Å². The molecular weight excluding hydrogens is 242 g/mol. The molecule has 0 aliphatic rings. The molecule has 2 N–H and O–H groups in total. The van der Waals surface area contributed by atoms with E-state index in [1.54, 1.807) is 0 Å². The molecule has 0 aliphatic carbocycles. The van der Waals surface area contributed by atoms with Crippen LogP contribution >= 0.6 is 11.6 Å². The van der Waals surface area contributed by atoms with E-state index in [9.17, 15) is 13.6 Å². The molecule has 1 heterocycles. The van der Waals surface area contributed by atoms with Gasteiger partial charge in [-0.05, 0) is 6.07 Å². The van der Waals surface area contributed by atoms with Gasteiger partial charge in [-0.15, -0.1) is 11.6 Å². The number of carbonyl (C=O) groups excluding carboxylic acids is 1. The van der Waals surface area contributed by atoms with Crippen molar-refractivity contribution in [3.63, 3.8) is 0 Å². The summed E-state index contributed by atoms with van der Waals surface area (Å²) < 4.78 is 29.6. The van der Waals surface area contributed by atoms with Gasteiger partial charge in [-0.2, -0.15) is 0 Å². The number of halogens is 3. The number of hydrogen-bond donors (Lipinski definition) is 1. The number of nitrogens with two attached hydrogens (primary N) is 1. The highest BCUT2D eigenvalue weighted by Gasteiger charge is 2.21. The lowest BCUT2D eigenvalue weighted by Gasteiger charge is -2.10. The fraction of sp³-hybridized carbons (Fsp3) is 0.333. The normalized spacial score (nSPS) is 10.6. The van der Waals surface area contributed by atoms with E-state index in [0.717, 1.165) is 13.2 Å². The molecule has 0 unspecified atom stereocenters. The molecule has 0 saturated carbocycles. The summed E-state index contributed by atoms with van der Waals surface area (Å²) in [5.74, 6) is -1.01. The SMILES string of the molecule is COC(=O)c1cc(N)c(C(F)F)c(CCl)n1. The van der Waals surface area contributed by atoms with Gasteiger partial charge in [0, 0.05) is 5.69 Å². The Labute approximate surface area is 95.4 Å². The fourth-order valence-corrected chi connectivity index (χ4v) is 1.40. The van der Waals surface area contributed by atoms with Gasteiger partial charge < -0.3 is 10.5 Å². The minimum Gasteiger partial charge on any atom is -0.464 e. The van der Waals surface area contributed by atoms with Gasteiger partial charge in [0.2, 0.25) is 0 Å². The third kappa shape index (κ3) is 2.38. The summed E-state index contributed by atoms with van der Waals surface area (Å²) in [7, 11) is 1.15. The molecule has 0 saturated heterocycles. The molecule has 0 aromatic carbocycles. The summed E-state index contributed by atoms with van der Waals surface area (Å²) in [5, 5.41) is 0. The summed E-state index contributed by atoms with van der Waals surface area (Å²) in [6, 6.07) is 1.05. The second-order valence-corrected chi connectivity index (χ2v) is 3.15. The lowest BCUT2D eigenvalue weighted by Crippen LogP contribution is -2.10. The van der Waals surface area contributed by atoms with Gasteiger partial charge in [-0.1, -0.05) is 0 Å². The van der Waals surface area contributed by atoms with Crippen LogP contribution in [0, 0.1) is 0 Å². The lowest BCUT2D eigenvalue weighted by molar-refractivity contribution is 0.0593. The highest BCUT2D eigenvalue weighted by atomic mass is 35.5. The number of rotatable bonds is 3. The Morgan fingerprint density at radius 2 is 2.31 bits per heavy atom. The maximum atomic E-state index is 12.6. The third-order valence-electron chi connectivity index (χ3n) is 1.91. The van der Waals surface area contributed by atoms with Crippen LogP contribution in [0.25, 0.3) is 0 Å². The first-order valence-electron chi connectivity index (χ1n) is 4.23. The number of nitrogen functional groups attached to an aromatic ring is 1. The van der Waals surface area contributed by atoms with Crippen LogP contribution < -0.4 is 5.73 Å². The van der Waals surface area contributed by atoms with Gasteiger partial charge in [0.05, 0.1) is 24.2 Å². The number of methoxy groups -OCH3 is 1. The van der Waals surface area contributed by atoms with Crippen LogP contribution in [0.5, 0.6) is 0 Å². The first kappa shape index (κ1) is 12.6. The first-order valence-corrected chi connectivity index (χ1v) is 4.76. The Morgan fingerprint density at radius 3 is 2.75 bits per heavy atom. The summed E-state index contributed by atoms with van der Waals surface area (Å²) in [6.07, 6.45) is -2.78. The summed E-state index contributed by atoms with van der Waals surface area (Å²) in [4.78, 5) is 14.8. The van der Waals surface area contributed by atoms with Crippen molar-refractivity contribution in [2.45, 2.75) is 12.3 Å². The molecule has 0 spiro atoms. The monoisotopic (exact) mass is 250 g/mol. The molecule has 0 radical (unpaired) electrons. The van der Waals surface area contributed by atoms with Gasteiger partial charge in [-0.3, -0.25) is 0 Å². The standard InChI is InChI=1S/C9H9ClF2N2O2/c1-16-9(15)5-2-4(13)7(8(11)12)6(3-10)14-5/h2,8H,3H2,1H3,(H2,13,14). The van der Waals surface area contributed by atoms with E-state index in [1.807, 2.05) is 0 Å².